The van der Waals surface area contributed by atoms with E-state index in [2.05, 4.69) is 54.6 Å². The van der Waals surface area contributed by atoms with E-state index in [1.807, 2.05) is 6.08 Å². The number of ether oxygens (including phenoxy) is 1. The molecule has 180 valence electrons. The van der Waals surface area contributed by atoms with Crippen molar-refractivity contribution in [1.82, 2.24) is 0 Å². The number of rotatable bonds is 4. The van der Waals surface area contributed by atoms with Crippen molar-refractivity contribution < 1.29 is 14.0 Å². The lowest BCUT2D eigenvalue weighted by Gasteiger charge is -2.57. The van der Waals surface area contributed by atoms with E-state index in [1.54, 1.807) is 0 Å². The van der Waals surface area contributed by atoms with Gasteiger partial charge in [-0.05, 0) is 102 Å². The van der Waals surface area contributed by atoms with E-state index < -0.39 is 8.32 Å². The molecule has 9 atom stereocenters. The first-order chi connectivity index (χ1) is 14.8. The summed E-state index contributed by atoms with van der Waals surface area (Å²) in [6.07, 6.45) is 9.71. The number of hydrogen-bond donors (Lipinski definition) is 0. The van der Waals surface area contributed by atoms with E-state index >= 15 is 0 Å². The normalized spacial score (nSPS) is 46.5. The lowest BCUT2D eigenvalue weighted by molar-refractivity contribution is -0.117. The highest BCUT2D eigenvalue weighted by Crippen LogP contribution is 2.70. The molecule has 0 amide bonds. The fourth-order valence-corrected chi connectivity index (χ4v) is 9.57. The summed E-state index contributed by atoms with van der Waals surface area (Å²) < 4.78 is 13.1. The van der Waals surface area contributed by atoms with E-state index in [0.29, 0.717) is 35.1 Å². The summed E-state index contributed by atoms with van der Waals surface area (Å²) in [5.41, 5.74) is 1.96. The highest BCUT2D eigenvalue weighted by molar-refractivity contribution is 6.74. The van der Waals surface area contributed by atoms with Crippen LogP contribution in [0, 0.1) is 40.4 Å². The summed E-state index contributed by atoms with van der Waals surface area (Å²) in [6, 6.07) is 0. The van der Waals surface area contributed by atoms with E-state index in [0.717, 1.165) is 31.3 Å². The molecule has 3 saturated carbocycles. The highest BCUT2D eigenvalue weighted by atomic mass is 28.4. The Labute approximate surface area is 197 Å². The van der Waals surface area contributed by atoms with E-state index in [4.69, 9.17) is 9.16 Å². The Balaban J connectivity index is 1.35. The van der Waals surface area contributed by atoms with Crippen molar-refractivity contribution >= 4 is 14.1 Å². The van der Waals surface area contributed by atoms with Gasteiger partial charge in [-0.3, -0.25) is 4.79 Å². The van der Waals surface area contributed by atoms with Gasteiger partial charge in [0.1, 0.15) is 6.10 Å². The number of ketones is 1. The summed E-state index contributed by atoms with van der Waals surface area (Å²) in [5, 5.41) is 0.273. The first-order valence-electron chi connectivity index (χ1n) is 13.3. The fourth-order valence-electron chi connectivity index (χ4n) is 8.46. The Hall–Kier alpha value is -0.453. The molecule has 32 heavy (non-hydrogen) atoms. The van der Waals surface area contributed by atoms with Gasteiger partial charge in [-0.25, -0.2) is 0 Å². The molecule has 0 N–H and O–H groups in total. The molecule has 4 unspecified atom stereocenters. The van der Waals surface area contributed by atoms with Gasteiger partial charge in [-0.2, -0.15) is 0 Å². The summed E-state index contributed by atoms with van der Waals surface area (Å²) >= 11 is 0. The van der Waals surface area contributed by atoms with Crippen LogP contribution in [0.15, 0.2) is 11.6 Å². The third-order valence-corrected chi connectivity index (χ3v) is 16.0. The van der Waals surface area contributed by atoms with Crippen molar-refractivity contribution in [2.24, 2.45) is 40.4 Å². The molecule has 5 rings (SSSR count). The van der Waals surface area contributed by atoms with E-state index in [1.165, 1.54) is 31.3 Å². The number of hydrogen-bond acceptors (Lipinski definition) is 3. The highest BCUT2D eigenvalue weighted by Gasteiger charge is 2.69. The molecule has 0 spiro atoms. The van der Waals surface area contributed by atoms with Gasteiger partial charge < -0.3 is 9.16 Å². The van der Waals surface area contributed by atoms with Crippen LogP contribution < -0.4 is 0 Å². The molecule has 3 nitrogen and oxygen atoms in total. The van der Waals surface area contributed by atoms with Gasteiger partial charge in [0.05, 0.1) is 6.10 Å². The number of fused-ring (bicyclic) bond motifs is 8. The van der Waals surface area contributed by atoms with Crippen LogP contribution in [0.5, 0.6) is 0 Å². The maximum absolute atomic E-state index is 12.2. The largest absolute Gasteiger partial charge is 0.417 e. The maximum Gasteiger partial charge on any atom is 0.191 e. The Morgan fingerprint density at radius 2 is 1.88 bits per heavy atom. The molecule has 0 aromatic carbocycles. The fraction of sp³-hybridized carbons (Fsp3) is 0.893. The van der Waals surface area contributed by atoms with Crippen molar-refractivity contribution in [1.29, 1.82) is 0 Å². The minimum absolute atomic E-state index is 0.187. The van der Waals surface area contributed by atoms with Gasteiger partial charge >= 0.3 is 0 Å². The lowest BCUT2D eigenvalue weighted by atomic mass is 9.46. The Morgan fingerprint density at radius 1 is 1.16 bits per heavy atom. The zero-order valence-electron chi connectivity index (χ0n) is 21.8. The third-order valence-electron chi connectivity index (χ3n) is 11.5. The SMILES string of the molecule is C[C@H](CO[Si](C)(C)C(C)(C)C)C1CCC2C3C(CC[C@@]21C)[C@@]1(C)CCC(=O)C=C1[C@H]1O[C@@H]31. The molecule has 4 aliphatic carbocycles. The molecule has 0 aromatic rings. The summed E-state index contributed by atoms with van der Waals surface area (Å²) in [4.78, 5) is 12.2. The summed E-state index contributed by atoms with van der Waals surface area (Å²) in [6.45, 7) is 20.3. The van der Waals surface area contributed by atoms with Gasteiger partial charge in [-0.15, -0.1) is 0 Å². The van der Waals surface area contributed by atoms with Gasteiger partial charge in [0.2, 0.25) is 0 Å². The van der Waals surface area contributed by atoms with Crippen LogP contribution in [-0.4, -0.2) is 32.9 Å². The van der Waals surface area contributed by atoms with Gasteiger partial charge in [0.15, 0.2) is 14.1 Å². The van der Waals surface area contributed by atoms with Crippen molar-refractivity contribution in [2.75, 3.05) is 6.61 Å². The number of carbonyl (C=O) groups excluding carboxylic acids is 1. The first kappa shape index (κ1) is 23.3. The lowest BCUT2D eigenvalue weighted by Crippen LogP contribution is -2.54. The minimum atomic E-state index is -1.71. The molecule has 1 heterocycles. The molecule has 0 bridgehead atoms. The van der Waals surface area contributed by atoms with Crippen LogP contribution in [0.3, 0.4) is 0 Å². The van der Waals surface area contributed by atoms with Crippen molar-refractivity contribution in [2.45, 2.75) is 110 Å². The third kappa shape index (κ3) is 3.29. The van der Waals surface area contributed by atoms with Gasteiger partial charge in [0, 0.05) is 13.0 Å². The number of epoxide rings is 1. The average molecular weight is 459 g/mol. The van der Waals surface area contributed by atoms with Gasteiger partial charge in [0.25, 0.3) is 0 Å². The summed E-state index contributed by atoms with van der Waals surface area (Å²) in [7, 11) is -1.71. The molecule has 1 aliphatic heterocycles. The monoisotopic (exact) mass is 458 g/mol. The van der Waals surface area contributed by atoms with Crippen LogP contribution in [-0.2, 0) is 14.0 Å². The van der Waals surface area contributed by atoms with Crippen LogP contribution in [0.25, 0.3) is 0 Å². The Morgan fingerprint density at radius 3 is 2.56 bits per heavy atom. The smallest absolute Gasteiger partial charge is 0.191 e. The van der Waals surface area contributed by atoms with Crippen LogP contribution in [0.1, 0.15) is 80.1 Å². The second-order valence-electron chi connectivity index (χ2n) is 14.1. The zero-order valence-corrected chi connectivity index (χ0v) is 22.8. The van der Waals surface area contributed by atoms with Crippen molar-refractivity contribution in [3.8, 4) is 0 Å². The molecular weight excluding hydrogens is 412 g/mol. The zero-order chi connectivity index (χ0) is 23.3. The van der Waals surface area contributed by atoms with Crippen molar-refractivity contribution in [3.63, 3.8) is 0 Å². The molecule has 4 heteroatoms. The molecule has 5 aliphatic rings. The minimum Gasteiger partial charge on any atom is -0.417 e. The van der Waals surface area contributed by atoms with Crippen LogP contribution in [0.4, 0.5) is 0 Å². The molecule has 1 saturated heterocycles. The van der Waals surface area contributed by atoms with Gasteiger partial charge in [-0.1, -0.05) is 41.5 Å². The maximum atomic E-state index is 12.2. The molecule has 4 fully saturated rings. The number of carbonyl (C=O) groups is 1. The average Bonchev–Trinajstić information content (AvgIpc) is 3.41. The molecule has 0 aromatic heterocycles. The van der Waals surface area contributed by atoms with Crippen molar-refractivity contribution in [3.05, 3.63) is 11.6 Å². The topological polar surface area (TPSA) is 38.8 Å². The second kappa shape index (κ2) is 7.27. The Kier molecular flexibility index (Phi) is 5.30. The van der Waals surface area contributed by atoms with E-state index in [-0.39, 0.29) is 16.6 Å². The predicted molar refractivity (Wildman–Crippen MR) is 132 cm³/mol. The van der Waals surface area contributed by atoms with E-state index in [9.17, 15) is 4.79 Å². The van der Waals surface area contributed by atoms with Crippen LogP contribution >= 0.6 is 0 Å². The molecule has 0 radical (unpaired) electrons. The van der Waals surface area contributed by atoms with Crippen LogP contribution in [0.2, 0.25) is 18.1 Å². The molecular formula is C28H46O3Si. The Bertz CT molecular complexity index is 825. The first-order valence-corrected chi connectivity index (χ1v) is 16.2. The standard InChI is InChI=1S/C28H46O3Si/c1-17(16-30-32(7,8)26(2,3)4)19-9-10-20-23-21(12-14-27(19,20)5)28(6)13-11-18(29)15-22(28)24-25(23)31-24/h15,17,19-21,23-25H,9-14,16H2,1-8H3/t17-,19?,20?,21?,23?,24-,25+,27-,28-/m1/s1. The second-order valence-corrected chi connectivity index (χ2v) is 18.9. The predicted octanol–water partition coefficient (Wildman–Crippen LogP) is 6.78. The summed E-state index contributed by atoms with van der Waals surface area (Å²) in [5.74, 6) is 3.85. The quantitative estimate of drug-likeness (QED) is 0.344.